The number of sulfonamides is 1. The molecule has 1 heterocycles. The molecule has 0 aliphatic heterocycles. The van der Waals surface area contributed by atoms with Gasteiger partial charge in [0.1, 0.15) is 0 Å². The van der Waals surface area contributed by atoms with E-state index in [1.54, 1.807) is 0 Å². The first kappa shape index (κ1) is 14.6. The number of carboxylic acids is 1. The van der Waals surface area contributed by atoms with Gasteiger partial charge in [0.2, 0.25) is 0 Å². The number of carboxylic acid groups (broad SMARTS) is 1. The normalized spacial score (nSPS) is 15.3. The molecule has 1 atom stereocenters. The Morgan fingerprint density at radius 3 is 2.67 bits per heavy atom. The average Bonchev–Trinajstić information content (AvgIpc) is 2.61. The lowest BCUT2D eigenvalue weighted by atomic mass is 10.0. The third kappa shape index (κ3) is 3.79. The van der Waals surface area contributed by atoms with Crippen LogP contribution in [0.2, 0.25) is 0 Å². The number of aliphatic carboxylic acids is 1. The van der Waals surface area contributed by atoms with Crippen LogP contribution in [0.4, 0.5) is 0 Å². The summed E-state index contributed by atoms with van der Waals surface area (Å²) >= 11 is 0. The van der Waals surface area contributed by atoms with Crippen LogP contribution in [0.25, 0.3) is 0 Å². The molecule has 9 heteroatoms. The number of nitrogens with zero attached hydrogens (tertiary/aromatic N) is 2. The maximum absolute atomic E-state index is 11.8. The molecule has 1 aromatic rings. The summed E-state index contributed by atoms with van der Waals surface area (Å²) in [6.07, 6.45) is 0.769. The second-order valence-corrected chi connectivity index (χ2v) is 5.90. The van der Waals surface area contributed by atoms with Crippen LogP contribution in [0.1, 0.15) is 13.3 Å². The van der Waals surface area contributed by atoms with Gasteiger partial charge in [-0.15, -0.1) is 0 Å². The number of carbonyl (C=O) groups is 1. The highest BCUT2D eigenvalue weighted by molar-refractivity contribution is 7.89. The molecule has 1 aromatic heterocycles. The van der Waals surface area contributed by atoms with Crippen LogP contribution in [0.15, 0.2) is 17.3 Å². The lowest BCUT2D eigenvalue weighted by molar-refractivity contribution is -0.141. The van der Waals surface area contributed by atoms with Crippen LogP contribution < -0.4 is 4.72 Å². The Hall–Kier alpha value is -1.45. The number of aryl methyl sites for hydroxylation is 1. The van der Waals surface area contributed by atoms with E-state index in [0.29, 0.717) is 0 Å². The first-order valence-electron chi connectivity index (χ1n) is 5.06. The summed E-state index contributed by atoms with van der Waals surface area (Å²) in [5.41, 5.74) is -1.66. The van der Waals surface area contributed by atoms with Gasteiger partial charge in [-0.05, 0) is 13.0 Å². The third-order valence-electron chi connectivity index (χ3n) is 2.23. The fourth-order valence-corrected chi connectivity index (χ4v) is 2.62. The first-order chi connectivity index (χ1) is 8.14. The highest BCUT2D eigenvalue weighted by Gasteiger charge is 2.27. The fraction of sp³-hybridized carbons (Fsp3) is 0.556. The summed E-state index contributed by atoms with van der Waals surface area (Å²) in [5, 5.41) is 21.9. The van der Waals surface area contributed by atoms with Gasteiger partial charge < -0.3 is 10.2 Å². The van der Waals surface area contributed by atoms with E-state index in [0.717, 1.165) is 4.68 Å². The minimum atomic E-state index is -3.82. The Morgan fingerprint density at radius 2 is 2.22 bits per heavy atom. The van der Waals surface area contributed by atoms with Crippen LogP contribution in [0, 0.1) is 0 Å². The molecule has 0 amide bonds. The number of hydrogen-bond donors (Lipinski definition) is 3. The van der Waals surface area contributed by atoms with Gasteiger partial charge >= 0.3 is 5.97 Å². The van der Waals surface area contributed by atoms with Gasteiger partial charge in [-0.2, -0.15) is 5.10 Å². The van der Waals surface area contributed by atoms with Crippen molar-refractivity contribution in [3.63, 3.8) is 0 Å². The largest absolute Gasteiger partial charge is 0.481 e. The molecule has 1 unspecified atom stereocenters. The molecule has 0 fully saturated rings. The maximum Gasteiger partial charge on any atom is 0.306 e. The monoisotopic (exact) mass is 277 g/mol. The van der Waals surface area contributed by atoms with Gasteiger partial charge in [0.25, 0.3) is 10.0 Å². The van der Waals surface area contributed by atoms with Crippen LogP contribution in [-0.4, -0.2) is 46.5 Å². The van der Waals surface area contributed by atoms with Crippen molar-refractivity contribution in [1.29, 1.82) is 0 Å². The van der Waals surface area contributed by atoms with Crippen LogP contribution in [0.5, 0.6) is 0 Å². The highest BCUT2D eigenvalue weighted by atomic mass is 32.2. The Kier molecular flexibility index (Phi) is 4.09. The molecule has 18 heavy (non-hydrogen) atoms. The molecule has 8 nitrogen and oxygen atoms in total. The fourth-order valence-electron chi connectivity index (χ4n) is 1.34. The van der Waals surface area contributed by atoms with Crippen molar-refractivity contribution in [2.75, 3.05) is 6.54 Å². The predicted octanol–water partition coefficient (Wildman–Crippen LogP) is -1.08. The first-order valence-corrected chi connectivity index (χ1v) is 6.54. The third-order valence-corrected chi connectivity index (χ3v) is 3.70. The van der Waals surface area contributed by atoms with E-state index < -0.39 is 34.6 Å². The number of nitrogens with one attached hydrogen (secondary N) is 1. The summed E-state index contributed by atoms with van der Waals surface area (Å²) in [4.78, 5) is 10.5. The second-order valence-electron chi connectivity index (χ2n) is 4.19. The zero-order chi connectivity index (χ0) is 14.0. The Bertz CT molecular complexity index is 534. The molecular weight excluding hydrogens is 262 g/mol. The molecule has 0 radical (unpaired) electrons. The van der Waals surface area contributed by atoms with Gasteiger partial charge in [-0.3, -0.25) is 9.48 Å². The minimum absolute atomic E-state index is 0.0615. The summed E-state index contributed by atoms with van der Waals surface area (Å²) in [5.74, 6) is -1.21. The van der Waals surface area contributed by atoms with Crippen LogP contribution in [0.3, 0.4) is 0 Å². The number of rotatable bonds is 6. The molecule has 0 bridgehead atoms. The molecule has 0 spiro atoms. The molecule has 0 saturated heterocycles. The number of aromatic nitrogens is 2. The zero-order valence-electron chi connectivity index (χ0n) is 9.99. The smallest absolute Gasteiger partial charge is 0.306 e. The van der Waals surface area contributed by atoms with E-state index in [2.05, 4.69) is 9.82 Å². The topological polar surface area (TPSA) is 122 Å². The number of aliphatic hydroxyl groups is 1. The van der Waals surface area contributed by atoms with Crippen molar-refractivity contribution in [3.8, 4) is 0 Å². The second kappa shape index (κ2) is 5.04. The van der Waals surface area contributed by atoms with Crippen molar-refractivity contribution in [2.45, 2.75) is 24.0 Å². The molecule has 1 rings (SSSR count). The molecule has 0 saturated carbocycles. The van der Waals surface area contributed by atoms with Gasteiger partial charge in [-0.1, -0.05) is 0 Å². The summed E-state index contributed by atoms with van der Waals surface area (Å²) in [7, 11) is -2.36. The van der Waals surface area contributed by atoms with E-state index in [4.69, 9.17) is 5.11 Å². The quantitative estimate of drug-likeness (QED) is 0.608. The van der Waals surface area contributed by atoms with Gasteiger partial charge in [0.15, 0.2) is 5.03 Å². The van der Waals surface area contributed by atoms with Crippen molar-refractivity contribution >= 4 is 16.0 Å². The molecular formula is C9H15N3O5S. The van der Waals surface area contributed by atoms with E-state index in [1.165, 1.54) is 26.2 Å². The van der Waals surface area contributed by atoms with Crippen molar-refractivity contribution in [1.82, 2.24) is 14.5 Å². The van der Waals surface area contributed by atoms with Crippen molar-refractivity contribution in [2.24, 2.45) is 7.05 Å². The Morgan fingerprint density at radius 1 is 1.61 bits per heavy atom. The Labute approximate surface area is 104 Å². The zero-order valence-corrected chi connectivity index (χ0v) is 10.8. The highest BCUT2D eigenvalue weighted by Crippen LogP contribution is 2.11. The Balaban J connectivity index is 2.75. The molecule has 3 N–H and O–H groups in total. The van der Waals surface area contributed by atoms with E-state index >= 15 is 0 Å². The van der Waals surface area contributed by atoms with Crippen molar-refractivity contribution in [3.05, 3.63) is 12.3 Å². The lowest BCUT2D eigenvalue weighted by Crippen LogP contribution is -2.42. The SMILES string of the molecule is Cn1nccc1S(=O)(=O)NCC(C)(O)CC(=O)O. The molecule has 102 valence electrons. The van der Waals surface area contributed by atoms with Crippen LogP contribution >= 0.6 is 0 Å². The average molecular weight is 277 g/mol. The van der Waals surface area contributed by atoms with Gasteiger partial charge in [0.05, 0.1) is 18.2 Å². The maximum atomic E-state index is 11.8. The van der Waals surface area contributed by atoms with E-state index in [-0.39, 0.29) is 5.03 Å². The van der Waals surface area contributed by atoms with Gasteiger partial charge in [0, 0.05) is 13.6 Å². The molecule has 0 aromatic carbocycles. The number of hydrogen-bond acceptors (Lipinski definition) is 5. The summed E-state index contributed by atoms with van der Waals surface area (Å²) in [6, 6.07) is 1.30. The standard InChI is InChI=1S/C9H15N3O5S/c1-9(15,5-8(13)14)6-11-18(16,17)7-3-4-10-12(7)2/h3-4,11,15H,5-6H2,1-2H3,(H,13,14). The summed E-state index contributed by atoms with van der Waals surface area (Å²) in [6.45, 7) is 0.847. The lowest BCUT2D eigenvalue weighted by Gasteiger charge is -2.21. The predicted molar refractivity (Wildman–Crippen MR) is 61.3 cm³/mol. The summed E-state index contributed by atoms with van der Waals surface area (Å²) < 4.78 is 26.9. The van der Waals surface area contributed by atoms with Crippen LogP contribution in [-0.2, 0) is 21.9 Å². The van der Waals surface area contributed by atoms with Gasteiger partial charge in [-0.25, -0.2) is 13.1 Å². The van der Waals surface area contributed by atoms with E-state index in [9.17, 15) is 18.3 Å². The van der Waals surface area contributed by atoms with E-state index in [1.807, 2.05) is 0 Å². The minimum Gasteiger partial charge on any atom is -0.481 e. The molecule has 0 aliphatic rings. The molecule has 0 aliphatic carbocycles. The van der Waals surface area contributed by atoms with Crippen molar-refractivity contribution < 1.29 is 23.4 Å².